The van der Waals surface area contributed by atoms with Gasteiger partial charge in [0.15, 0.2) is 0 Å². The van der Waals surface area contributed by atoms with Crippen LogP contribution in [0.2, 0.25) is 0 Å². The van der Waals surface area contributed by atoms with Gasteiger partial charge in [0.25, 0.3) is 0 Å². The summed E-state index contributed by atoms with van der Waals surface area (Å²) < 4.78 is 0. The van der Waals surface area contributed by atoms with Crippen LogP contribution in [0.1, 0.15) is 78.1 Å². The van der Waals surface area contributed by atoms with E-state index in [2.05, 4.69) is 51.5 Å². The van der Waals surface area contributed by atoms with E-state index in [1.54, 1.807) is 0 Å². The monoisotopic (exact) mass is 248 g/mol. The van der Waals surface area contributed by atoms with Gasteiger partial charge in [0.2, 0.25) is 0 Å². The molecule has 0 fully saturated rings. The molecule has 2 nitrogen and oxygen atoms in total. The van der Waals surface area contributed by atoms with E-state index in [0.29, 0.717) is 11.8 Å². The fraction of sp³-hybridized carbons (Fsp3) is 0.750. The maximum atomic E-state index is 4.60. The van der Waals surface area contributed by atoms with Crippen LogP contribution in [0, 0.1) is 5.92 Å². The molecule has 1 aromatic heterocycles. The molecule has 2 unspecified atom stereocenters. The summed E-state index contributed by atoms with van der Waals surface area (Å²) in [6, 6.07) is 0. The summed E-state index contributed by atoms with van der Waals surface area (Å²) in [4.78, 5) is 9.19. The predicted octanol–water partition coefficient (Wildman–Crippen LogP) is 4.70. The van der Waals surface area contributed by atoms with Gasteiger partial charge in [-0.05, 0) is 30.2 Å². The zero-order chi connectivity index (χ0) is 13.8. The molecule has 0 aliphatic carbocycles. The standard InChI is InChI=1S/C16H28N2/c1-7-12(4)14(8-2)13-10-17-15(18-11-13)16(5,6)9-3/h10-12,14H,7-9H2,1-6H3. The van der Waals surface area contributed by atoms with E-state index >= 15 is 0 Å². The second kappa shape index (κ2) is 6.31. The van der Waals surface area contributed by atoms with Crippen LogP contribution in [-0.2, 0) is 5.41 Å². The van der Waals surface area contributed by atoms with E-state index in [-0.39, 0.29) is 5.41 Å². The van der Waals surface area contributed by atoms with Gasteiger partial charge in [0.1, 0.15) is 5.82 Å². The van der Waals surface area contributed by atoms with E-state index in [4.69, 9.17) is 0 Å². The Labute approximate surface area is 112 Å². The highest BCUT2D eigenvalue weighted by Gasteiger charge is 2.22. The number of hydrogen-bond acceptors (Lipinski definition) is 2. The maximum absolute atomic E-state index is 4.60. The first-order valence-electron chi connectivity index (χ1n) is 7.28. The van der Waals surface area contributed by atoms with Crippen LogP contribution in [0.4, 0.5) is 0 Å². The van der Waals surface area contributed by atoms with Gasteiger partial charge in [-0.25, -0.2) is 9.97 Å². The summed E-state index contributed by atoms with van der Waals surface area (Å²) in [6.07, 6.45) is 7.52. The fourth-order valence-electron chi connectivity index (χ4n) is 2.29. The Morgan fingerprint density at radius 1 is 1.06 bits per heavy atom. The van der Waals surface area contributed by atoms with Crippen molar-refractivity contribution in [2.75, 3.05) is 0 Å². The van der Waals surface area contributed by atoms with Gasteiger partial charge in [-0.1, -0.05) is 48.0 Å². The largest absolute Gasteiger partial charge is 0.241 e. The molecule has 0 saturated carbocycles. The van der Waals surface area contributed by atoms with E-state index in [9.17, 15) is 0 Å². The van der Waals surface area contributed by atoms with Crippen molar-refractivity contribution in [1.29, 1.82) is 0 Å². The van der Waals surface area contributed by atoms with Crippen molar-refractivity contribution >= 4 is 0 Å². The van der Waals surface area contributed by atoms with Crippen LogP contribution in [0.3, 0.4) is 0 Å². The first-order chi connectivity index (χ1) is 8.46. The number of nitrogens with zero attached hydrogens (tertiary/aromatic N) is 2. The third-order valence-corrected chi connectivity index (χ3v) is 4.36. The van der Waals surface area contributed by atoms with E-state index in [0.717, 1.165) is 18.7 Å². The summed E-state index contributed by atoms with van der Waals surface area (Å²) >= 11 is 0. The van der Waals surface area contributed by atoms with Crippen LogP contribution in [0.5, 0.6) is 0 Å². The summed E-state index contributed by atoms with van der Waals surface area (Å²) in [7, 11) is 0. The topological polar surface area (TPSA) is 25.8 Å². The Morgan fingerprint density at radius 3 is 2.00 bits per heavy atom. The summed E-state index contributed by atoms with van der Waals surface area (Å²) in [5.74, 6) is 2.25. The first kappa shape index (κ1) is 15.1. The summed E-state index contributed by atoms with van der Waals surface area (Å²) in [5, 5.41) is 0. The van der Waals surface area contributed by atoms with Gasteiger partial charge in [-0.15, -0.1) is 0 Å². The lowest BCUT2D eigenvalue weighted by molar-refractivity contribution is 0.428. The van der Waals surface area contributed by atoms with Crippen LogP contribution in [-0.4, -0.2) is 9.97 Å². The Hall–Kier alpha value is -0.920. The molecule has 0 amide bonds. The minimum absolute atomic E-state index is 0.0800. The number of aromatic nitrogens is 2. The number of hydrogen-bond donors (Lipinski definition) is 0. The second-order valence-electron chi connectivity index (χ2n) is 5.98. The molecule has 1 heterocycles. The molecule has 0 N–H and O–H groups in total. The third-order valence-electron chi connectivity index (χ3n) is 4.36. The molecule has 102 valence electrons. The molecule has 0 radical (unpaired) electrons. The second-order valence-corrected chi connectivity index (χ2v) is 5.98. The molecule has 0 aliphatic heterocycles. The molecule has 1 aromatic rings. The van der Waals surface area contributed by atoms with Crippen molar-refractivity contribution in [3.05, 3.63) is 23.8 Å². The molecule has 2 atom stereocenters. The lowest BCUT2D eigenvalue weighted by Gasteiger charge is -2.24. The average Bonchev–Trinajstić information content (AvgIpc) is 2.40. The Kier molecular flexibility index (Phi) is 5.30. The average molecular weight is 248 g/mol. The lowest BCUT2D eigenvalue weighted by Crippen LogP contribution is -2.20. The Bertz CT molecular complexity index is 354. The Balaban J connectivity index is 2.94. The molecule has 18 heavy (non-hydrogen) atoms. The van der Waals surface area contributed by atoms with Crippen molar-refractivity contribution in [3.63, 3.8) is 0 Å². The summed E-state index contributed by atoms with van der Waals surface area (Å²) in [5.41, 5.74) is 1.37. The highest BCUT2D eigenvalue weighted by atomic mass is 14.9. The van der Waals surface area contributed by atoms with Crippen molar-refractivity contribution in [1.82, 2.24) is 9.97 Å². The molecule has 2 heteroatoms. The zero-order valence-corrected chi connectivity index (χ0v) is 12.8. The minimum atomic E-state index is 0.0800. The molecular weight excluding hydrogens is 220 g/mol. The molecule has 0 bridgehead atoms. The van der Waals surface area contributed by atoms with Crippen LogP contribution in [0.15, 0.2) is 12.4 Å². The number of rotatable bonds is 6. The zero-order valence-electron chi connectivity index (χ0n) is 12.8. The highest BCUT2D eigenvalue weighted by molar-refractivity contribution is 5.15. The molecule has 0 aliphatic rings. The maximum Gasteiger partial charge on any atom is 0.133 e. The minimum Gasteiger partial charge on any atom is -0.241 e. The Morgan fingerprint density at radius 2 is 1.61 bits per heavy atom. The van der Waals surface area contributed by atoms with Crippen molar-refractivity contribution in [2.24, 2.45) is 5.92 Å². The summed E-state index contributed by atoms with van der Waals surface area (Å²) in [6.45, 7) is 13.4. The molecule has 0 spiro atoms. The first-order valence-corrected chi connectivity index (χ1v) is 7.28. The van der Waals surface area contributed by atoms with Gasteiger partial charge < -0.3 is 0 Å². The van der Waals surface area contributed by atoms with Crippen LogP contribution >= 0.6 is 0 Å². The van der Waals surface area contributed by atoms with Gasteiger partial charge in [0, 0.05) is 17.8 Å². The van der Waals surface area contributed by atoms with Crippen molar-refractivity contribution < 1.29 is 0 Å². The molecule has 1 rings (SSSR count). The van der Waals surface area contributed by atoms with Gasteiger partial charge in [0.05, 0.1) is 0 Å². The van der Waals surface area contributed by atoms with E-state index in [1.807, 2.05) is 12.4 Å². The van der Waals surface area contributed by atoms with Crippen LogP contribution in [0.25, 0.3) is 0 Å². The smallest absolute Gasteiger partial charge is 0.133 e. The van der Waals surface area contributed by atoms with Gasteiger partial charge >= 0.3 is 0 Å². The van der Waals surface area contributed by atoms with E-state index < -0.39 is 0 Å². The van der Waals surface area contributed by atoms with Crippen LogP contribution < -0.4 is 0 Å². The van der Waals surface area contributed by atoms with Gasteiger partial charge in [-0.2, -0.15) is 0 Å². The quantitative estimate of drug-likeness (QED) is 0.729. The SMILES string of the molecule is CCC(C)C(CC)c1cnc(C(C)(C)CC)nc1. The van der Waals surface area contributed by atoms with Gasteiger partial charge in [-0.3, -0.25) is 0 Å². The fourth-order valence-corrected chi connectivity index (χ4v) is 2.29. The highest BCUT2D eigenvalue weighted by Crippen LogP contribution is 2.30. The molecular formula is C16H28N2. The molecule has 0 aromatic carbocycles. The third kappa shape index (κ3) is 3.30. The molecule has 0 saturated heterocycles. The van der Waals surface area contributed by atoms with Crippen molar-refractivity contribution in [3.8, 4) is 0 Å². The van der Waals surface area contributed by atoms with Crippen molar-refractivity contribution in [2.45, 2.75) is 72.1 Å². The predicted molar refractivity (Wildman–Crippen MR) is 77.8 cm³/mol. The lowest BCUT2D eigenvalue weighted by atomic mass is 9.84. The normalized spacial score (nSPS) is 15.4. The van der Waals surface area contributed by atoms with E-state index in [1.165, 1.54) is 12.0 Å².